The Balaban J connectivity index is 0.869. The number of aromatic hydroxyl groups is 1. The number of aromatic nitrogens is 3. The summed E-state index contributed by atoms with van der Waals surface area (Å²) >= 11 is 1.01. The molecule has 10 nitrogen and oxygen atoms in total. The molecule has 2 heterocycles. The fraction of sp³-hybridized carbons (Fsp3) is 0.325. The number of aromatic amines is 1. The van der Waals surface area contributed by atoms with Crippen molar-refractivity contribution >= 4 is 44.9 Å². The van der Waals surface area contributed by atoms with E-state index in [1.165, 1.54) is 19.3 Å². The molecule has 4 N–H and O–H groups in total. The fourth-order valence-corrected chi connectivity index (χ4v) is 9.90. The Morgan fingerprint density at radius 3 is 2.39 bits per heavy atom. The number of H-pyrrole nitrogens is 1. The standard InChI is InChI=1S/C40H39N5O5S/c1-45-34-18-30(11-12-33(34)41-36(45)22-49-28-8-5-23(6-9-28)16-35-37(46)43-39(48)51-35)50-29-10-7-27-3-2-4-32(31(27)17-29)42-38(47)44-40-19-24-13-25(20-40)15-26(14-24)21-40/h2-12,17-18,24-26,46H,13-16,19-22H2,1H3,(H,43,48)(H2,42,44,47). The molecule has 4 saturated carbocycles. The molecule has 11 heteroatoms. The van der Waals surface area contributed by atoms with Crippen LogP contribution in [-0.2, 0) is 20.1 Å². The number of anilines is 1. The number of imidazole rings is 1. The van der Waals surface area contributed by atoms with Gasteiger partial charge in [0.25, 0.3) is 0 Å². The van der Waals surface area contributed by atoms with Crippen molar-refractivity contribution in [3.8, 4) is 23.1 Å². The van der Waals surface area contributed by atoms with Gasteiger partial charge in [0.15, 0.2) is 0 Å². The lowest BCUT2D eigenvalue weighted by atomic mass is 9.53. The van der Waals surface area contributed by atoms with Crippen LogP contribution in [0.5, 0.6) is 23.1 Å². The van der Waals surface area contributed by atoms with E-state index in [0.29, 0.717) is 28.5 Å². The molecular formula is C40H39N5O5S. The Kier molecular flexibility index (Phi) is 7.76. The van der Waals surface area contributed by atoms with Crippen LogP contribution in [0, 0.1) is 17.8 Å². The van der Waals surface area contributed by atoms with E-state index >= 15 is 0 Å². The predicted molar refractivity (Wildman–Crippen MR) is 198 cm³/mol. The van der Waals surface area contributed by atoms with Crippen LogP contribution in [0.15, 0.2) is 83.7 Å². The van der Waals surface area contributed by atoms with E-state index < -0.39 is 0 Å². The van der Waals surface area contributed by atoms with Gasteiger partial charge in [-0.05, 0) is 110 Å². The summed E-state index contributed by atoms with van der Waals surface area (Å²) in [5.41, 5.74) is 3.41. The van der Waals surface area contributed by atoms with Crippen LogP contribution in [0.2, 0.25) is 0 Å². The first-order chi connectivity index (χ1) is 24.7. The third-order valence-corrected chi connectivity index (χ3v) is 11.9. The van der Waals surface area contributed by atoms with Crippen molar-refractivity contribution in [3.05, 3.63) is 105 Å². The minimum absolute atomic E-state index is 0.0549. The van der Waals surface area contributed by atoms with Gasteiger partial charge in [-0.25, -0.2) is 9.78 Å². The van der Waals surface area contributed by atoms with Crippen LogP contribution in [0.4, 0.5) is 10.5 Å². The normalized spacial score (nSPS) is 22.0. The maximum Gasteiger partial charge on any atom is 0.319 e. The van der Waals surface area contributed by atoms with E-state index in [1.807, 2.05) is 90.5 Å². The topological polar surface area (TPSA) is 130 Å². The highest BCUT2D eigenvalue weighted by Crippen LogP contribution is 2.55. The first-order valence-electron chi connectivity index (χ1n) is 17.6. The second-order valence-corrected chi connectivity index (χ2v) is 15.8. The van der Waals surface area contributed by atoms with Gasteiger partial charge in [-0.3, -0.25) is 9.78 Å². The minimum atomic E-state index is -0.271. The van der Waals surface area contributed by atoms with Crippen molar-refractivity contribution in [1.29, 1.82) is 0 Å². The largest absolute Gasteiger partial charge is 0.494 e. The number of nitrogens with zero attached hydrogens (tertiary/aromatic N) is 2. The molecule has 2 aromatic heterocycles. The molecule has 51 heavy (non-hydrogen) atoms. The summed E-state index contributed by atoms with van der Waals surface area (Å²) in [5, 5.41) is 18.4. The lowest BCUT2D eigenvalue weighted by Gasteiger charge is -2.56. The fourth-order valence-electron chi connectivity index (χ4n) is 9.14. The number of ether oxygens (including phenoxy) is 2. The van der Waals surface area contributed by atoms with Crippen molar-refractivity contribution in [2.24, 2.45) is 24.8 Å². The summed E-state index contributed by atoms with van der Waals surface area (Å²) in [6, 6.07) is 25.2. The summed E-state index contributed by atoms with van der Waals surface area (Å²) in [5.74, 6) is 5.02. The second kappa shape index (κ2) is 12.5. The maximum absolute atomic E-state index is 13.4. The Labute approximate surface area is 298 Å². The average Bonchev–Trinajstić information content (AvgIpc) is 3.59. The van der Waals surface area contributed by atoms with Gasteiger partial charge in [0, 0.05) is 30.5 Å². The molecule has 4 aromatic carbocycles. The van der Waals surface area contributed by atoms with Gasteiger partial charge < -0.3 is 29.8 Å². The average molecular weight is 702 g/mol. The lowest BCUT2D eigenvalue weighted by Crippen LogP contribution is -2.60. The smallest absolute Gasteiger partial charge is 0.319 e. The van der Waals surface area contributed by atoms with Gasteiger partial charge in [-0.15, -0.1) is 0 Å². The number of thiazole rings is 1. The van der Waals surface area contributed by atoms with Gasteiger partial charge in [-0.2, -0.15) is 0 Å². The quantitative estimate of drug-likeness (QED) is 0.120. The Morgan fingerprint density at radius 2 is 1.67 bits per heavy atom. The van der Waals surface area contributed by atoms with Crippen molar-refractivity contribution < 1.29 is 19.4 Å². The summed E-state index contributed by atoms with van der Waals surface area (Å²) in [4.78, 5) is 32.4. The van der Waals surface area contributed by atoms with E-state index in [2.05, 4.69) is 15.6 Å². The van der Waals surface area contributed by atoms with Crippen LogP contribution in [0.1, 0.15) is 54.8 Å². The molecule has 0 radical (unpaired) electrons. The van der Waals surface area contributed by atoms with Gasteiger partial charge in [-0.1, -0.05) is 41.7 Å². The molecule has 4 bridgehead atoms. The number of nitrogens with one attached hydrogen (secondary N) is 3. The van der Waals surface area contributed by atoms with E-state index in [-0.39, 0.29) is 28.9 Å². The van der Waals surface area contributed by atoms with Crippen LogP contribution in [-0.4, -0.2) is 31.2 Å². The molecule has 0 spiro atoms. The Bertz CT molecular complexity index is 2310. The summed E-state index contributed by atoms with van der Waals surface area (Å²) in [6.07, 6.45) is 7.80. The lowest BCUT2D eigenvalue weighted by molar-refractivity contribution is -0.0127. The van der Waals surface area contributed by atoms with E-state index in [0.717, 1.165) is 87.2 Å². The highest BCUT2D eigenvalue weighted by atomic mass is 32.1. The molecule has 4 fully saturated rings. The van der Waals surface area contributed by atoms with E-state index in [4.69, 9.17) is 14.5 Å². The van der Waals surface area contributed by atoms with E-state index in [9.17, 15) is 14.7 Å². The highest BCUT2D eigenvalue weighted by molar-refractivity contribution is 7.09. The van der Waals surface area contributed by atoms with Gasteiger partial charge in [0.2, 0.25) is 5.88 Å². The molecule has 4 aliphatic rings. The van der Waals surface area contributed by atoms with Crippen LogP contribution in [0.3, 0.4) is 0 Å². The summed E-state index contributed by atoms with van der Waals surface area (Å²) in [7, 11) is 1.96. The Hall–Kier alpha value is -5.29. The first-order valence-corrected chi connectivity index (χ1v) is 18.4. The van der Waals surface area contributed by atoms with Crippen molar-refractivity contribution in [2.45, 2.75) is 57.1 Å². The van der Waals surface area contributed by atoms with Crippen molar-refractivity contribution in [2.75, 3.05) is 5.32 Å². The third-order valence-electron chi connectivity index (χ3n) is 11.1. The molecule has 2 amide bonds. The van der Waals surface area contributed by atoms with Gasteiger partial charge >= 0.3 is 10.9 Å². The van der Waals surface area contributed by atoms with Crippen molar-refractivity contribution in [1.82, 2.24) is 19.9 Å². The van der Waals surface area contributed by atoms with Crippen LogP contribution >= 0.6 is 11.3 Å². The second-order valence-electron chi connectivity index (χ2n) is 14.7. The molecule has 10 rings (SSSR count). The molecule has 6 aromatic rings. The molecule has 0 aliphatic heterocycles. The Morgan fingerprint density at radius 1 is 0.961 bits per heavy atom. The zero-order valence-electron chi connectivity index (χ0n) is 28.3. The number of carbonyl (C=O) groups excluding carboxylic acids is 1. The number of hydrogen-bond donors (Lipinski definition) is 4. The molecular weight excluding hydrogens is 663 g/mol. The monoisotopic (exact) mass is 701 g/mol. The van der Waals surface area contributed by atoms with Crippen molar-refractivity contribution in [3.63, 3.8) is 0 Å². The first kappa shape index (κ1) is 31.7. The summed E-state index contributed by atoms with van der Waals surface area (Å²) < 4.78 is 14.4. The molecule has 0 unspecified atom stereocenters. The number of hydrogen-bond acceptors (Lipinski definition) is 7. The van der Waals surface area contributed by atoms with Gasteiger partial charge in [0.1, 0.15) is 29.7 Å². The van der Waals surface area contributed by atoms with Crippen LogP contribution < -0.4 is 25.0 Å². The van der Waals surface area contributed by atoms with E-state index in [1.54, 1.807) is 0 Å². The number of rotatable bonds is 9. The molecule has 0 saturated heterocycles. The molecule has 260 valence electrons. The third kappa shape index (κ3) is 6.31. The maximum atomic E-state index is 13.4. The number of amides is 2. The summed E-state index contributed by atoms with van der Waals surface area (Å²) in [6.45, 7) is 0.276. The number of carbonyl (C=O) groups is 1. The number of urea groups is 1. The molecule has 0 atom stereocenters. The minimum Gasteiger partial charge on any atom is -0.494 e. The zero-order valence-corrected chi connectivity index (χ0v) is 29.1. The number of benzene rings is 4. The number of aryl methyl sites for hydroxylation is 1. The van der Waals surface area contributed by atoms with Crippen LogP contribution in [0.25, 0.3) is 21.8 Å². The molecule has 4 aliphatic carbocycles. The SMILES string of the molecule is Cn1c(COc2ccc(Cc3sc(=O)[nH]c3O)cc2)nc2ccc(Oc3ccc4cccc(NC(=O)NC56CC7CC(CC(C7)C5)C6)c4c3)cc21. The predicted octanol–water partition coefficient (Wildman–Crippen LogP) is 8.23. The highest BCUT2D eigenvalue weighted by Gasteiger charge is 2.51. The number of fused-ring (bicyclic) bond motifs is 2. The van der Waals surface area contributed by atoms with Gasteiger partial charge in [0.05, 0.1) is 21.6 Å². The zero-order chi connectivity index (χ0) is 34.7.